The average Bonchev–Trinajstić information content (AvgIpc) is 3.30. The van der Waals surface area contributed by atoms with E-state index in [2.05, 4.69) is 21.4 Å². The van der Waals surface area contributed by atoms with E-state index in [1.54, 1.807) is 24.4 Å². The summed E-state index contributed by atoms with van der Waals surface area (Å²) in [4.78, 5) is 19.5. The number of ether oxygens (including phenoxy) is 1. The Balaban J connectivity index is 1.70. The molecule has 1 saturated heterocycles. The fraction of sp³-hybridized carbons (Fsp3) is 0.400. The molecule has 0 bridgehead atoms. The van der Waals surface area contributed by atoms with Crippen LogP contribution in [0.5, 0.6) is 0 Å². The SMILES string of the molecule is O=C(Nc1ccc(S(=O)(=O)N2CCOCC2)cc1C1=CCCCC1)c1ncc[nH]1. The van der Waals surface area contributed by atoms with Crippen molar-refractivity contribution >= 4 is 27.2 Å². The predicted octanol–water partition coefficient (Wildman–Crippen LogP) is 2.64. The maximum absolute atomic E-state index is 13.1. The summed E-state index contributed by atoms with van der Waals surface area (Å²) in [6.07, 6.45) is 9.18. The zero-order valence-corrected chi connectivity index (χ0v) is 16.9. The van der Waals surface area contributed by atoms with Crippen molar-refractivity contribution in [3.05, 3.63) is 48.1 Å². The lowest BCUT2D eigenvalue weighted by molar-refractivity contribution is 0.0730. The van der Waals surface area contributed by atoms with Gasteiger partial charge in [-0.2, -0.15) is 4.31 Å². The minimum atomic E-state index is -3.62. The van der Waals surface area contributed by atoms with Crippen molar-refractivity contribution in [3.63, 3.8) is 0 Å². The highest BCUT2D eigenvalue weighted by Crippen LogP contribution is 2.34. The maximum Gasteiger partial charge on any atom is 0.291 e. The molecule has 1 aliphatic heterocycles. The number of carbonyl (C=O) groups is 1. The van der Waals surface area contributed by atoms with Crippen LogP contribution in [0.15, 0.2) is 41.6 Å². The number of hydrogen-bond acceptors (Lipinski definition) is 5. The Bertz CT molecular complexity index is 1010. The molecule has 1 fully saturated rings. The third-order valence-electron chi connectivity index (χ3n) is 5.20. The number of aromatic amines is 1. The Morgan fingerprint density at radius 1 is 1.21 bits per heavy atom. The lowest BCUT2D eigenvalue weighted by atomic mass is 9.92. The summed E-state index contributed by atoms with van der Waals surface area (Å²) in [5.41, 5.74) is 2.39. The van der Waals surface area contributed by atoms with E-state index in [0.717, 1.165) is 36.8 Å². The van der Waals surface area contributed by atoms with Gasteiger partial charge in [0, 0.05) is 36.7 Å². The molecule has 154 valence electrons. The summed E-state index contributed by atoms with van der Waals surface area (Å²) in [5, 5.41) is 2.87. The third-order valence-corrected chi connectivity index (χ3v) is 7.09. The number of hydrogen-bond donors (Lipinski definition) is 2. The molecule has 2 heterocycles. The molecule has 1 amide bonds. The van der Waals surface area contributed by atoms with Crippen molar-refractivity contribution in [2.45, 2.75) is 30.6 Å². The van der Waals surface area contributed by atoms with Crippen LogP contribution in [-0.4, -0.2) is 54.9 Å². The van der Waals surface area contributed by atoms with Crippen molar-refractivity contribution < 1.29 is 17.9 Å². The molecule has 0 unspecified atom stereocenters. The van der Waals surface area contributed by atoms with E-state index in [1.165, 1.54) is 10.5 Å². The molecular weight excluding hydrogens is 392 g/mol. The fourth-order valence-corrected chi connectivity index (χ4v) is 5.08. The number of H-pyrrole nitrogens is 1. The molecule has 4 rings (SSSR count). The number of sulfonamides is 1. The molecule has 1 aromatic heterocycles. The number of morpholine rings is 1. The molecule has 0 saturated carbocycles. The van der Waals surface area contributed by atoms with Crippen molar-refractivity contribution in [3.8, 4) is 0 Å². The molecule has 0 atom stereocenters. The molecule has 2 N–H and O–H groups in total. The number of allylic oxidation sites excluding steroid dienone is 2. The second-order valence-electron chi connectivity index (χ2n) is 7.09. The van der Waals surface area contributed by atoms with Crippen LogP contribution in [-0.2, 0) is 14.8 Å². The van der Waals surface area contributed by atoms with Gasteiger partial charge in [-0.1, -0.05) is 6.08 Å². The highest BCUT2D eigenvalue weighted by molar-refractivity contribution is 7.89. The fourth-order valence-electron chi connectivity index (χ4n) is 3.65. The molecular formula is C20H24N4O4S. The van der Waals surface area contributed by atoms with Gasteiger partial charge in [-0.15, -0.1) is 0 Å². The molecule has 9 heteroatoms. The predicted molar refractivity (Wildman–Crippen MR) is 109 cm³/mol. The summed E-state index contributed by atoms with van der Waals surface area (Å²) >= 11 is 0. The van der Waals surface area contributed by atoms with E-state index >= 15 is 0 Å². The van der Waals surface area contributed by atoms with Gasteiger partial charge in [0.15, 0.2) is 5.82 Å². The zero-order chi connectivity index (χ0) is 20.3. The van der Waals surface area contributed by atoms with Crippen LogP contribution in [0.1, 0.15) is 41.9 Å². The number of nitrogens with zero attached hydrogens (tertiary/aromatic N) is 2. The van der Waals surface area contributed by atoms with Crippen LogP contribution in [0.3, 0.4) is 0 Å². The highest BCUT2D eigenvalue weighted by atomic mass is 32.2. The van der Waals surface area contributed by atoms with Crippen LogP contribution in [0, 0.1) is 0 Å². The molecule has 2 aliphatic rings. The smallest absolute Gasteiger partial charge is 0.291 e. The number of benzene rings is 1. The van der Waals surface area contributed by atoms with Gasteiger partial charge in [0.1, 0.15) is 0 Å². The molecule has 1 aromatic carbocycles. The summed E-state index contributed by atoms with van der Waals surface area (Å²) in [6, 6.07) is 4.90. The number of amides is 1. The van der Waals surface area contributed by atoms with E-state index in [9.17, 15) is 13.2 Å². The number of imidazole rings is 1. The first-order chi connectivity index (χ1) is 14.1. The van der Waals surface area contributed by atoms with Crippen LogP contribution in [0.4, 0.5) is 5.69 Å². The van der Waals surface area contributed by atoms with E-state index in [0.29, 0.717) is 32.0 Å². The number of carbonyl (C=O) groups excluding carboxylic acids is 1. The van der Waals surface area contributed by atoms with Gasteiger partial charge in [-0.05, 0) is 49.5 Å². The van der Waals surface area contributed by atoms with Gasteiger partial charge in [0.25, 0.3) is 5.91 Å². The van der Waals surface area contributed by atoms with E-state index in [4.69, 9.17) is 4.74 Å². The molecule has 0 spiro atoms. The lowest BCUT2D eigenvalue weighted by Crippen LogP contribution is -2.40. The Kier molecular flexibility index (Phi) is 5.79. The largest absolute Gasteiger partial charge is 0.379 e. The summed E-state index contributed by atoms with van der Waals surface area (Å²) in [5.74, 6) is -0.157. The zero-order valence-electron chi connectivity index (χ0n) is 16.1. The minimum Gasteiger partial charge on any atom is -0.379 e. The molecule has 29 heavy (non-hydrogen) atoms. The molecule has 8 nitrogen and oxygen atoms in total. The van der Waals surface area contributed by atoms with Crippen molar-refractivity contribution in [1.82, 2.24) is 14.3 Å². The van der Waals surface area contributed by atoms with Crippen LogP contribution in [0.2, 0.25) is 0 Å². The molecule has 0 radical (unpaired) electrons. The van der Waals surface area contributed by atoms with E-state index in [-0.39, 0.29) is 16.6 Å². The summed E-state index contributed by atoms with van der Waals surface area (Å²) in [6.45, 7) is 1.48. The second kappa shape index (κ2) is 8.48. The van der Waals surface area contributed by atoms with Crippen LogP contribution >= 0.6 is 0 Å². The first-order valence-corrected chi connectivity index (χ1v) is 11.2. The van der Waals surface area contributed by atoms with Gasteiger partial charge in [-0.25, -0.2) is 13.4 Å². The van der Waals surface area contributed by atoms with Gasteiger partial charge in [0.05, 0.1) is 18.1 Å². The Morgan fingerprint density at radius 3 is 2.72 bits per heavy atom. The first-order valence-electron chi connectivity index (χ1n) is 9.78. The van der Waals surface area contributed by atoms with Crippen molar-refractivity contribution in [2.75, 3.05) is 31.6 Å². The van der Waals surface area contributed by atoms with Crippen molar-refractivity contribution in [2.24, 2.45) is 0 Å². The highest BCUT2D eigenvalue weighted by Gasteiger charge is 2.27. The van der Waals surface area contributed by atoms with Crippen LogP contribution in [0.25, 0.3) is 5.57 Å². The standard InChI is InChI=1S/C20H24N4O4S/c25-20(19-21-8-9-22-19)23-18-7-6-16(14-17(18)15-4-2-1-3-5-15)29(26,27)24-10-12-28-13-11-24/h4,6-9,14H,1-3,5,10-13H2,(H,21,22)(H,23,25). The Hall–Kier alpha value is -2.49. The maximum atomic E-state index is 13.1. The average molecular weight is 417 g/mol. The Labute approximate surface area is 170 Å². The quantitative estimate of drug-likeness (QED) is 0.780. The first kappa shape index (κ1) is 19.8. The Morgan fingerprint density at radius 2 is 2.03 bits per heavy atom. The third kappa shape index (κ3) is 4.26. The molecule has 2 aromatic rings. The summed E-state index contributed by atoms with van der Waals surface area (Å²) in [7, 11) is -3.62. The van der Waals surface area contributed by atoms with E-state index in [1.807, 2.05) is 0 Å². The number of anilines is 1. The summed E-state index contributed by atoms with van der Waals surface area (Å²) < 4.78 is 32.9. The minimum absolute atomic E-state index is 0.207. The number of rotatable bonds is 5. The monoisotopic (exact) mass is 416 g/mol. The topological polar surface area (TPSA) is 104 Å². The number of nitrogens with one attached hydrogen (secondary N) is 2. The van der Waals surface area contributed by atoms with Gasteiger partial charge in [0.2, 0.25) is 10.0 Å². The number of aromatic nitrogens is 2. The van der Waals surface area contributed by atoms with Gasteiger partial charge >= 0.3 is 0 Å². The lowest BCUT2D eigenvalue weighted by Gasteiger charge is -2.26. The van der Waals surface area contributed by atoms with Gasteiger partial charge < -0.3 is 15.0 Å². The van der Waals surface area contributed by atoms with Crippen LogP contribution < -0.4 is 5.32 Å². The van der Waals surface area contributed by atoms with Crippen molar-refractivity contribution in [1.29, 1.82) is 0 Å². The van der Waals surface area contributed by atoms with Gasteiger partial charge in [-0.3, -0.25) is 4.79 Å². The van der Waals surface area contributed by atoms with E-state index < -0.39 is 10.0 Å². The molecule has 1 aliphatic carbocycles. The normalized spacial score (nSPS) is 18.3. The second-order valence-corrected chi connectivity index (χ2v) is 9.03.